The number of hydrogen-bond donors (Lipinski definition) is 4. The van der Waals surface area contributed by atoms with E-state index < -0.39 is 0 Å². The van der Waals surface area contributed by atoms with Crippen molar-refractivity contribution in [3.63, 3.8) is 0 Å². The highest BCUT2D eigenvalue weighted by Crippen LogP contribution is 2.12. The maximum atomic E-state index is 5.54. The lowest BCUT2D eigenvalue weighted by atomic mass is 10.3. The summed E-state index contributed by atoms with van der Waals surface area (Å²) in [5.41, 5.74) is 16.5. The first-order valence-corrected chi connectivity index (χ1v) is 8.51. The molecular weight excluding hydrogens is 312 g/mol. The Morgan fingerprint density at radius 2 is 1.20 bits per heavy atom. The molecule has 0 saturated heterocycles. The summed E-state index contributed by atoms with van der Waals surface area (Å²) in [6.45, 7) is 4.42. The molecule has 0 radical (unpaired) electrons. The maximum Gasteiger partial charge on any atom is 0.0931 e. The summed E-state index contributed by atoms with van der Waals surface area (Å²) in [4.78, 5) is 14.0. The third-order valence-electron chi connectivity index (χ3n) is 3.60. The van der Waals surface area contributed by atoms with Crippen LogP contribution in [-0.2, 0) is 0 Å². The van der Waals surface area contributed by atoms with Gasteiger partial charge in [0.1, 0.15) is 0 Å². The van der Waals surface area contributed by atoms with Crippen molar-refractivity contribution in [2.75, 3.05) is 11.5 Å². The summed E-state index contributed by atoms with van der Waals surface area (Å²) >= 11 is 0. The third kappa shape index (κ3) is 5.53. The van der Waals surface area contributed by atoms with E-state index in [0.29, 0.717) is 0 Å². The first-order valence-electron chi connectivity index (χ1n) is 8.51. The van der Waals surface area contributed by atoms with E-state index in [4.69, 9.17) is 11.5 Å². The minimum atomic E-state index is 0.761. The van der Waals surface area contributed by atoms with Gasteiger partial charge in [-0.15, -0.1) is 0 Å². The van der Waals surface area contributed by atoms with Crippen molar-refractivity contribution < 1.29 is 0 Å². The van der Waals surface area contributed by atoms with Crippen LogP contribution in [0.5, 0.6) is 0 Å². The van der Waals surface area contributed by atoms with Crippen LogP contribution in [0.4, 0.5) is 11.4 Å². The van der Waals surface area contributed by atoms with Crippen molar-refractivity contribution in [3.8, 4) is 0 Å². The summed E-state index contributed by atoms with van der Waals surface area (Å²) in [7, 11) is 0. The molecule has 0 aliphatic carbocycles. The van der Waals surface area contributed by atoms with Crippen LogP contribution >= 0.6 is 0 Å². The molecule has 0 bridgehead atoms. The average Bonchev–Trinajstić information content (AvgIpc) is 3.24. The monoisotopic (exact) mass is 338 g/mol. The highest BCUT2D eigenvalue weighted by molar-refractivity contribution is 5.78. The van der Waals surface area contributed by atoms with Crippen LogP contribution < -0.4 is 11.5 Å². The number of benzene rings is 2. The number of unbranched alkanes of at least 4 members (excludes halogenated alkanes) is 2. The van der Waals surface area contributed by atoms with Gasteiger partial charge < -0.3 is 21.4 Å². The molecule has 0 aliphatic rings. The second kappa shape index (κ2) is 9.32. The van der Waals surface area contributed by atoms with Gasteiger partial charge in [-0.25, -0.2) is 9.97 Å². The number of rotatable bonds is 2. The molecule has 6 nitrogen and oxygen atoms in total. The largest absolute Gasteiger partial charge is 0.399 e. The fourth-order valence-corrected chi connectivity index (χ4v) is 2.26. The zero-order valence-electron chi connectivity index (χ0n) is 14.8. The van der Waals surface area contributed by atoms with E-state index >= 15 is 0 Å². The zero-order chi connectivity index (χ0) is 18.1. The number of imidazole rings is 2. The first-order chi connectivity index (χ1) is 12.1. The van der Waals surface area contributed by atoms with E-state index in [-0.39, 0.29) is 0 Å². The molecule has 0 fully saturated rings. The molecule has 25 heavy (non-hydrogen) atoms. The standard InChI is InChI=1S/2C7H7N3.C5H12/c2*8-5-1-2-6-7(3-5)10-4-9-6;1-3-5-4-2/h2*1-4H,8H2,(H,9,10);3-5H2,1-2H3. The van der Waals surface area contributed by atoms with Gasteiger partial charge in [0, 0.05) is 11.4 Å². The van der Waals surface area contributed by atoms with Gasteiger partial charge in [-0.05, 0) is 36.4 Å². The fraction of sp³-hybridized carbons (Fsp3) is 0.263. The predicted molar refractivity (Wildman–Crippen MR) is 106 cm³/mol. The van der Waals surface area contributed by atoms with E-state index in [1.165, 1.54) is 19.3 Å². The lowest BCUT2D eigenvalue weighted by molar-refractivity contribution is 0.772. The molecule has 6 heteroatoms. The molecular formula is C19H26N6. The third-order valence-corrected chi connectivity index (χ3v) is 3.60. The second-order valence-corrected chi connectivity index (χ2v) is 5.71. The fourth-order valence-electron chi connectivity index (χ4n) is 2.26. The quantitative estimate of drug-likeness (QED) is 0.404. The van der Waals surface area contributed by atoms with E-state index in [1.807, 2.05) is 36.4 Å². The number of aromatic nitrogens is 4. The highest BCUT2D eigenvalue weighted by atomic mass is 14.9. The van der Waals surface area contributed by atoms with Gasteiger partial charge in [-0.2, -0.15) is 0 Å². The van der Waals surface area contributed by atoms with Gasteiger partial charge in [-0.1, -0.05) is 33.1 Å². The van der Waals surface area contributed by atoms with Crippen molar-refractivity contribution in [1.82, 2.24) is 19.9 Å². The number of H-pyrrole nitrogens is 2. The van der Waals surface area contributed by atoms with Crippen molar-refractivity contribution in [2.45, 2.75) is 33.1 Å². The normalized spacial score (nSPS) is 10.0. The van der Waals surface area contributed by atoms with E-state index in [9.17, 15) is 0 Å². The number of nitrogens with one attached hydrogen (secondary N) is 2. The Bertz CT molecular complexity index is 819. The number of nitrogens with two attached hydrogens (primary N) is 2. The van der Waals surface area contributed by atoms with E-state index in [2.05, 4.69) is 33.8 Å². The van der Waals surface area contributed by atoms with E-state index in [1.54, 1.807) is 12.7 Å². The van der Waals surface area contributed by atoms with Crippen LogP contribution in [0.1, 0.15) is 33.1 Å². The Morgan fingerprint density at radius 1 is 0.760 bits per heavy atom. The summed E-state index contributed by atoms with van der Waals surface area (Å²) < 4.78 is 0. The Labute approximate surface area is 147 Å². The Kier molecular flexibility index (Phi) is 6.83. The Morgan fingerprint density at radius 3 is 1.56 bits per heavy atom. The van der Waals surface area contributed by atoms with Gasteiger partial charge in [0.05, 0.1) is 34.7 Å². The summed E-state index contributed by atoms with van der Waals surface area (Å²) in [5.74, 6) is 0. The van der Waals surface area contributed by atoms with Gasteiger partial charge in [0.25, 0.3) is 0 Å². The van der Waals surface area contributed by atoms with Gasteiger partial charge in [-0.3, -0.25) is 0 Å². The average molecular weight is 338 g/mol. The molecule has 2 aromatic carbocycles. The number of anilines is 2. The topological polar surface area (TPSA) is 109 Å². The molecule has 132 valence electrons. The van der Waals surface area contributed by atoms with Crippen molar-refractivity contribution in [1.29, 1.82) is 0 Å². The van der Waals surface area contributed by atoms with Crippen LogP contribution in [0.25, 0.3) is 22.1 Å². The highest BCUT2D eigenvalue weighted by Gasteiger charge is 1.93. The summed E-state index contributed by atoms with van der Waals surface area (Å²) in [6.07, 6.45) is 7.39. The molecule has 2 aromatic heterocycles. The van der Waals surface area contributed by atoms with Crippen molar-refractivity contribution in [3.05, 3.63) is 49.1 Å². The van der Waals surface area contributed by atoms with Gasteiger partial charge in [0.15, 0.2) is 0 Å². The number of fused-ring (bicyclic) bond motifs is 2. The second-order valence-electron chi connectivity index (χ2n) is 5.71. The number of hydrogen-bond acceptors (Lipinski definition) is 4. The molecule has 0 unspecified atom stereocenters. The minimum absolute atomic E-state index is 0.761. The van der Waals surface area contributed by atoms with Gasteiger partial charge >= 0.3 is 0 Å². The molecule has 2 heterocycles. The summed E-state index contributed by atoms with van der Waals surface area (Å²) in [6, 6.07) is 11.2. The van der Waals surface area contributed by atoms with Crippen LogP contribution in [0.2, 0.25) is 0 Å². The predicted octanol–water partition coefficient (Wildman–Crippen LogP) is 4.49. The molecule has 0 amide bonds. The SMILES string of the molecule is CCCCC.Nc1ccc2nc[nH]c2c1.Nc1ccc2nc[nH]c2c1. The lowest BCUT2D eigenvalue weighted by Crippen LogP contribution is -1.82. The van der Waals surface area contributed by atoms with Gasteiger partial charge in [0.2, 0.25) is 0 Å². The summed E-state index contributed by atoms with van der Waals surface area (Å²) in [5, 5.41) is 0. The molecule has 6 N–H and O–H groups in total. The maximum absolute atomic E-state index is 5.54. The molecule has 4 rings (SSSR count). The molecule has 0 saturated carbocycles. The Hall–Kier alpha value is -3.02. The van der Waals surface area contributed by atoms with Crippen molar-refractivity contribution in [2.24, 2.45) is 0 Å². The number of aromatic amines is 2. The van der Waals surface area contributed by atoms with Crippen LogP contribution in [-0.4, -0.2) is 19.9 Å². The number of nitrogens with zero attached hydrogens (tertiary/aromatic N) is 2. The lowest BCUT2D eigenvalue weighted by Gasteiger charge is -1.89. The van der Waals surface area contributed by atoms with Crippen LogP contribution in [0.3, 0.4) is 0 Å². The smallest absolute Gasteiger partial charge is 0.0931 e. The van der Waals surface area contributed by atoms with E-state index in [0.717, 1.165) is 33.4 Å². The van der Waals surface area contributed by atoms with Crippen LogP contribution in [0.15, 0.2) is 49.1 Å². The first kappa shape index (κ1) is 18.3. The molecule has 0 spiro atoms. The molecule has 0 aliphatic heterocycles. The van der Waals surface area contributed by atoms with Crippen LogP contribution in [0, 0.1) is 0 Å². The Balaban J connectivity index is 0.000000144. The number of nitrogen functional groups attached to an aromatic ring is 2. The zero-order valence-corrected chi connectivity index (χ0v) is 14.8. The molecule has 0 atom stereocenters. The minimum Gasteiger partial charge on any atom is -0.399 e. The van der Waals surface area contributed by atoms with Crippen molar-refractivity contribution >= 4 is 33.4 Å². The molecule has 4 aromatic rings.